The summed E-state index contributed by atoms with van der Waals surface area (Å²) in [5.41, 5.74) is 3.57. The Morgan fingerprint density at radius 3 is 2.63 bits per heavy atom. The quantitative estimate of drug-likeness (QED) is 0.638. The van der Waals surface area contributed by atoms with Gasteiger partial charge in [-0.1, -0.05) is 12.1 Å². The number of aromatic nitrogens is 3. The summed E-state index contributed by atoms with van der Waals surface area (Å²) in [6, 6.07) is 10.9. The van der Waals surface area contributed by atoms with Gasteiger partial charge in [0, 0.05) is 37.0 Å². The highest BCUT2D eigenvalue weighted by molar-refractivity contribution is 7.72. The predicted octanol–water partition coefficient (Wildman–Crippen LogP) is 2.04. The largest absolute Gasteiger partial charge is 0.378 e. The number of fused-ring (bicyclic) bond motifs is 1. The molecule has 0 amide bonds. The SMILES string of the molecule is O=[SH](=O)c1cccc(-c2nc(N3CCOCC3)nc3c2CCN3c2cccnc2)c1. The maximum absolute atomic E-state index is 11.5. The van der Waals surface area contributed by atoms with E-state index in [0.29, 0.717) is 19.2 Å². The van der Waals surface area contributed by atoms with E-state index in [-0.39, 0.29) is 4.90 Å². The smallest absolute Gasteiger partial charge is 0.228 e. The van der Waals surface area contributed by atoms with Crippen LogP contribution in [0.3, 0.4) is 0 Å². The van der Waals surface area contributed by atoms with E-state index in [9.17, 15) is 8.42 Å². The van der Waals surface area contributed by atoms with Gasteiger partial charge in [-0.05, 0) is 30.7 Å². The zero-order valence-corrected chi connectivity index (χ0v) is 17.2. The van der Waals surface area contributed by atoms with Gasteiger partial charge in [0.15, 0.2) is 10.7 Å². The van der Waals surface area contributed by atoms with E-state index in [4.69, 9.17) is 14.7 Å². The summed E-state index contributed by atoms with van der Waals surface area (Å²) >= 11 is 0. The van der Waals surface area contributed by atoms with Crippen LogP contribution in [0.5, 0.6) is 0 Å². The van der Waals surface area contributed by atoms with Crippen LogP contribution in [-0.2, 0) is 21.9 Å². The standard InChI is InChI=1S/C21H21N5O3S/c27-30(28)17-5-1-3-15(13-17)19-18-6-8-26(16-4-2-7-22-14-16)20(18)24-21(23-19)25-9-11-29-12-10-25/h1-5,7,13-14,30H,6,8-12H2. The maximum atomic E-state index is 11.5. The van der Waals surface area contributed by atoms with Crippen molar-refractivity contribution in [2.75, 3.05) is 42.6 Å². The molecule has 5 rings (SSSR count). The molecule has 0 saturated carbocycles. The van der Waals surface area contributed by atoms with Gasteiger partial charge < -0.3 is 14.5 Å². The molecule has 0 spiro atoms. The van der Waals surface area contributed by atoms with E-state index in [2.05, 4.69) is 14.8 Å². The van der Waals surface area contributed by atoms with Gasteiger partial charge in [0.05, 0.1) is 35.7 Å². The third-order valence-corrected chi connectivity index (χ3v) is 6.10. The molecule has 0 aliphatic carbocycles. The minimum absolute atomic E-state index is 0.282. The molecule has 1 aromatic carbocycles. The lowest BCUT2D eigenvalue weighted by atomic mass is 10.1. The molecule has 0 atom stereocenters. The fraction of sp³-hybridized carbons (Fsp3) is 0.286. The second kappa shape index (κ2) is 8.00. The molecule has 0 unspecified atom stereocenters. The van der Waals surface area contributed by atoms with Gasteiger partial charge in [-0.3, -0.25) is 4.98 Å². The van der Waals surface area contributed by atoms with Crippen molar-refractivity contribution in [3.05, 3.63) is 54.4 Å². The number of morpholine rings is 1. The van der Waals surface area contributed by atoms with Gasteiger partial charge in [-0.2, -0.15) is 4.98 Å². The van der Waals surface area contributed by atoms with Crippen LogP contribution < -0.4 is 9.80 Å². The Morgan fingerprint density at radius 1 is 1.00 bits per heavy atom. The molecule has 9 heteroatoms. The molecule has 8 nitrogen and oxygen atoms in total. The Labute approximate surface area is 176 Å². The first-order valence-electron chi connectivity index (χ1n) is 9.87. The topological polar surface area (TPSA) is 88.5 Å². The van der Waals surface area contributed by atoms with Crippen molar-refractivity contribution < 1.29 is 13.2 Å². The van der Waals surface area contributed by atoms with Crippen molar-refractivity contribution in [3.8, 4) is 11.3 Å². The molecule has 3 aromatic rings. The van der Waals surface area contributed by atoms with E-state index in [1.54, 1.807) is 24.4 Å². The van der Waals surface area contributed by atoms with E-state index in [1.807, 2.05) is 24.4 Å². The summed E-state index contributed by atoms with van der Waals surface area (Å²) in [7, 11) is -2.66. The lowest BCUT2D eigenvalue weighted by Gasteiger charge is -2.28. The number of hydrogen-bond donors (Lipinski definition) is 1. The average Bonchev–Trinajstić information content (AvgIpc) is 3.24. The predicted molar refractivity (Wildman–Crippen MR) is 114 cm³/mol. The van der Waals surface area contributed by atoms with Crippen molar-refractivity contribution in [2.45, 2.75) is 11.3 Å². The first-order chi connectivity index (χ1) is 14.7. The van der Waals surface area contributed by atoms with E-state index in [0.717, 1.165) is 54.4 Å². The number of rotatable bonds is 4. The van der Waals surface area contributed by atoms with E-state index in [1.165, 1.54) is 0 Å². The van der Waals surface area contributed by atoms with Crippen LogP contribution in [0.2, 0.25) is 0 Å². The van der Waals surface area contributed by atoms with Crippen LogP contribution in [0.4, 0.5) is 17.5 Å². The van der Waals surface area contributed by atoms with Crippen molar-refractivity contribution >= 4 is 28.2 Å². The number of nitrogens with zero attached hydrogens (tertiary/aromatic N) is 5. The molecule has 0 radical (unpaired) electrons. The first-order valence-corrected chi connectivity index (χ1v) is 11.0. The molecule has 0 bridgehead atoms. The summed E-state index contributed by atoms with van der Waals surface area (Å²) in [6.07, 6.45) is 4.35. The van der Waals surface area contributed by atoms with Gasteiger partial charge in [-0.25, -0.2) is 13.4 Å². The zero-order chi connectivity index (χ0) is 20.5. The molecule has 1 saturated heterocycles. The molecule has 0 N–H and O–H groups in total. The normalized spacial score (nSPS) is 16.2. The second-order valence-electron chi connectivity index (χ2n) is 7.19. The van der Waals surface area contributed by atoms with Crippen LogP contribution in [0.25, 0.3) is 11.3 Å². The molecule has 2 aromatic heterocycles. The number of anilines is 3. The molecular weight excluding hydrogens is 402 g/mol. The summed E-state index contributed by atoms with van der Waals surface area (Å²) in [5.74, 6) is 1.49. The lowest BCUT2D eigenvalue weighted by molar-refractivity contribution is 0.122. The van der Waals surface area contributed by atoms with Crippen LogP contribution in [-0.4, -0.2) is 56.2 Å². The number of thiol groups is 1. The Bertz CT molecular complexity index is 1140. The average molecular weight is 423 g/mol. The Kier molecular flexibility index (Phi) is 5.06. The zero-order valence-electron chi connectivity index (χ0n) is 16.3. The molecular formula is C21H21N5O3S. The summed E-state index contributed by atoms with van der Waals surface area (Å²) in [6.45, 7) is 3.47. The molecule has 4 heterocycles. The van der Waals surface area contributed by atoms with E-state index >= 15 is 0 Å². The van der Waals surface area contributed by atoms with Gasteiger partial charge in [-0.15, -0.1) is 0 Å². The van der Waals surface area contributed by atoms with Crippen LogP contribution >= 0.6 is 0 Å². The number of ether oxygens (including phenoxy) is 1. The van der Waals surface area contributed by atoms with Crippen molar-refractivity contribution in [2.24, 2.45) is 0 Å². The fourth-order valence-corrected chi connectivity index (χ4v) is 4.37. The van der Waals surface area contributed by atoms with Crippen molar-refractivity contribution in [1.29, 1.82) is 0 Å². The highest BCUT2D eigenvalue weighted by atomic mass is 32.2. The lowest BCUT2D eigenvalue weighted by Crippen LogP contribution is -2.37. The van der Waals surface area contributed by atoms with Gasteiger partial charge in [0.25, 0.3) is 0 Å². The molecule has 2 aliphatic heterocycles. The molecule has 1 fully saturated rings. The number of hydrogen-bond acceptors (Lipinski definition) is 8. The van der Waals surface area contributed by atoms with E-state index < -0.39 is 10.7 Å². The Hall–Kier alpha value is -3.04. The minimum atomic E-state index is -2.66. The highest BCUT2D eigenvalue weighted by Gasteiger charge is 2.29. The second-order valence-corrected chi connectivity index (χ2v) is 8.22. The Balaban J connectivity index is 1.67. The molecule has 2 aliphatic rings. The number of benzene rings is 1. The van der Waals surface area contributed by atoms with Crippen LogP contribution in [0.15, 0.2) is 53.7 Å². The minimum Gasteiger partial charge on any atom is -0.378 e. The maximum Gasteiger partial charge on any atom is 0.228 e. The first kappa shape index (κ1) is 19.0. The van der Waals surface area contributed by atoms with Crippen LogP contribution in [0, 0.1) is 0 Å². The van der Waals surface area contributed by atoms with Crippen molar-refractivity contribution in [3.63, 3.8) is 0 Å². The fourth-order valence-electron chi connectivity index (χ4n) is 3.92. The number of pyridine rings is 1. The van der Waals surface area contributed by atoms with Gasteiger partial charge in [0.1, 0.15) is 5.82 Å². The molecule has 30 heavy (non-hydrogen) atoms. The summed E-state index contributed by atoms with van der Waals surface area (Å²) in [5, 5.41) is 0. The van der Waals surface area contributed by atoms with Gasteiger partial charge >= 0.3 is 0 Å². The van der Waals surface area contributed by atoms with Gasteiger partial charge in [0.2, 0.25) is 5.95 Å². The Morgan fingerprint density at radius 2 is 1.87 bits per heavy atom. The van der Waals surface area contributed by atoms with Crippen molar-refractivity contribution in [1.82, 2.24) is 15.0 Å². The highest BCUT2D eigenvalue weighted by Crippen LogP contribution is 2.39. The third kappa shape index (κ3) is 3.50. The third-order valence-electron chi connectivity index (χ3n) is 5.40. The summed E-state index contributed by atoms with van der Waals surface area (Å²) in [4.78, 5) is 18.6. The monoisotopic (exact) mass is 423 g/mol. The summed E-state index contributed by atoms with van der Waals surface area (Å²) < 4.78 is 28.6. The van der Waals surface area contributed by atoms with Crippen LogP contribution in [0.1, 0.15) is 5.56 Å². The molecule has 154 valence electrons.